The summed E-state index contributed by atoms with van der Waals surface area (Å²) in [7, 11) is 0. The number of rotatable bonds is 5. The molecule has 0 radical (unpaired) electrons. The molecule has 122 valence electrons. The molecule has 0 aromatic carbocycles. The maximum atomic E-state index is 12.1. The van der Waals surface area contributed by atoms with Crippen LogP contribution in [0.3, 0.4) is 0 Å². The summed E-state index contributed by atoms with van der Waals surface area (Å²) in [5.74, 6) is 0.401. The van der Waals surface area contributed by atoms with E-state index in [0.29, 0.717) is 17.8 Å². The molecule has 0 spiro atoms. The third-order valence-electron chi connectivity index (χ3n) is 4.37. The first-order valence-corrected chi connectivity index (χ1v) is 7.88. The van der Waals surface area contributed by atoms with Gasteiger partial charge in [0, 0.05) is 6.92 Å². The van der Waals surface area contributed by atoms with E-state index in [1.165, 1.54) is 6.92 Å². The number of carbonyl (C=O) groups is 2. The Hall–Kier alpha value is -1.10. The average molecular weight is 299 g/mol. The molecule has 0 saturated heterocycles. The maximum absolute atomic E-state index is 12.1. The molecule has 1 saturated carbocycles. The summed E-state index contributed by atoms with van der Waals surface area (Å²) >= 11 is 0. The molecule has 0 bridgehead atoms. The summed E-state index contributed by atoms with van der Waals surface area (Å²) in [6.07, 6.45) is 1.59. The summed E-state index contributed by atoms with van der Waals surface area (Å²) in [6.45, 7) is 9.38. The molecule has 0 heterocycles. The van der Waals surface area contributed by atoms with Gasteiger partial charge in [0.05, 0.1) is 6.04 Å². The van der Waals surface area contributed by atoms with Gasteiger partial charge in [0.1, 0.15) is 6.10 Å². The third-order valence-corrected chi connectivity index (χ3v) is 4.37. The van der Waals surface area contributed by atoms with Crippen LogP contribution in [-0.4, -0.2) is 35.2 Å². The van der Waals surface area contributed by atoms with Crippen molar-refractivity contribution in [2.75, 3.05) is 0 Å². The summed E-state index contributed by atoms with van der Waals surface area (Å²) in [5.41, 5.74) is 0. The van der Waals surface area contributed by atoms with Crippen molar-refractivity contribution < 1.29 is 19.4 Å². The molecule has 1 rings (SSSR count). The number of hydrogen-bond acceptors (Lipinski definition) is 4. The summed E-state index contributed by atoms with van der Waals surface area (Å²) < 4.78 is 5.56. The Morgan fingerprint density at radius 3 is 2.38 bits per heavy atom. The second-order valence-electron chi connectivity index (χ2n) is 6.74. The van der Waals surface area contributed by atoms with Crippen molar-refractivity contribution in [1.82, 2.24) is 5.32 Å². The van der Waals surface area contributed by atoms with Crippen molar-refractivity contribution in [2.45, 2.75) is 72.1 Å². The fourth-order valence-corrected chi connectivity index (χ4v) is 3.07. The van der Waals surface area contributed by atoms with Crippen molar-refractivity contribution in [3.63, 3.8) is 0 Å². The van der Waals surface area contributed by atoms with Crippen LogP contribution >= 0.6 is 0 Å². The van der Waals surface area contributed by atoms with Crippen LogP contribution in [0.1, 0.15) is 53.9 Å². The largest absolute Gasteiger partial charge is 0.460 e. The molecule has 0 aromatic heterocycles. The fourth-order valence-electron chi connectivity index (χ4n) is 3.07. The van der Waals surface area contributed by atoms with Crippen molar-refractivity contribution >= 4 is 11.9 Å². The first-order valence-electron chi connectivity index (χ1n) is 7.88. The number of hydrogen-bond donors (Lipinski definition) is 2. The van der Waals surface area contributed by atoms with Crippen LogP contribution in [0.25, 0.3) is 0 Å². The Labute approximate surface area is 127 Å². The van der Waals surface area contributed by atoms with Gasteiger partial charge in [0.25, 0.3) is 0 Å². The second-order valence-corrected chi connectivity index (χ2v) is 6.74. The summed E-state index contributed by atoms with van der Waals surface area (Å²) in [4.78, 5) is 23.1. The molecule has 1 amide bonds. The number of aliphatic hydroxyl groups excluding tert-OH is 1. The molecule has 1 aliphatic carbocycles. The Bertz CT molecular complexity index is 369. The maximum Gasteiger partial charge on any atom is 0.337 e. The average Bonchev–Trinajstić information content (AvgIpc) is 2.36. The number of amides is 1. The van der Waals surface area contributed by atoms with Crippen molar-refractivity contribution in [1.29, 1.82) is 0 Å². The number of esters is 1. The van der Waals surface area contributed by atoms with Gasteiger partial charge in [-0.2, -0.15) is 0 Å². The molecule has 0 aliphatic heterocycles. The van der Waals surface area contributed by atoms with Gasteiger partial charge < -0.3 is 15.2 Å². The molecular weight excluding hydrogens is 270 g/mol. The molecular formula is C16H29NO4. The van der Waals surface area contributed by atoms with E-state index in [9.17, 15) is 14.7 Å². The number of carbonyl (C=O) groups excluding carboxylic acids is 2. The standard InChI is InChI=1S/C16H29NO4/c1-9(2)13-7-6-10(3)8-14(13)21-16(20)15(19)11(4)17-12(5)18/h9-11,13-15,19H,6-8H2,1-5H3,(H,17,18)/t10-,11+,13+,14-,15-/m1/s1. The molecule has 2 N–H and O–H groups in total. The first-order chi connectivity index (χ1) is 9.72. The minimum Gasteiger partial charge on any atom is -0.460 e. The number of ether oxygens (including phenoxy) is 1. The SMILES string of the molecule is CC(=O)N[C@@H](C)[C@@H](O)C(=O)O[C@@H]1C[C@H](C)CC[C@H]1C(C)C. The lowest BCUT2D eigenvalue weighted by molar-refractivity contribution is -0.167. The topological polar surface area (TPSA) is 75.6 Å². The summed E-state index contributed by atoms with van der Waals surface area (Å²) in [6, 6.07) is -0.645. The van der Waals surface area contributed by atoms with E-state index in [1.54, 1.807) is 6.92 Å². The summed E-state index contributed by atoms with van der Waals surface area (Å²) in [5, 5.41) is 12.5. The molecule has 0 unspecified atom stereocenters. The van der Waals surface area contributed by atoms with Crippen LogP contribution in [0.15, 0.2) is 0 Å². The Kier molecular flexibility index (Phi) is 6.65. The Balaban J connectivity index is 2.63. The first kappa shape index (κ1) is 18.0. The van der Waals surface area contributed by atoms with E-state index in [4.69, 9.17) is 4.74 Å². The zero-order chi connectivity index (χ0) is 16.2. The zero-order valence-electron chi connectivity index (χ0n) is 13.8. The van der Waals surface area contributed by atoms with E-state index in [-0.39, 0.29) is 12.0 Å². The van der Waals surface area contributed by atoms with Crippen molar-refractivity contribution in [2.24, 2.45) is 17.8 Å². The van der Waals surface area contributed by atoms with Crippen LogP contribution in [0.5, 0.6) is 0 Å². The Morgan fingerprint density at radius 2 is 1.86 bits per heavy atom. The third kappa shape index (κ3) is 5.30. The van der Waals surface area contributed by atoms with E-state index < -0.39 is 18.1 Å². The highest BCUT2D eigenvalue weighted by atomic mass is 16.6. The van der Waals surface area contributed by atoms with Crippen molar-refractivity contribution in [3.05, 3.63) is 0 Å². The van der Waals surface area contributed by atoms with Gasteiger partial charge in [-0.05, 0) is 37.5 Å². The highest BCUT2D eigenvalue weighted by molar-refractivity contribution is 5.78. The highest BCUT2D eigenvalue weighted by Crippen LogP contribution is 2.35. The van der Waals surface area contributed by atoms with E-state index in [2.05, 4.69) is 26.1 Å². The Morgan fingerprint density at radius 1 is 1.24 bits per heavy atom. The van der Waals surface area contributed by atoms with Gasteiger partial charge in [0.2, 0.25) is 5.91 Å². The molecule has 5 atom stereocenters. The van der Waals surface area contributed by atoms with Crippen LogP contribution in [0.4, 0.5) is 0 Å². The van der Waals surface area contributed by atoms with Gasteiger partial charge in [-0.15, -0.1) is 0 Å². The van der Waals surface area contributed by atoms with Crippen molar-refractivity contribution in [3.8, 4) is 0 Å². The minimum absolute atomic E-state index is 0.138. The van der Waals surface area contributed by atoms with Crippen LogP contribution < -0.4 is 5.32 Å². The molecule has 21 heavy (non-hydrogen) atoms. The van der Waals surface area contributed by atoms with Crippen LogP contribution in [0.2, 0.25) is 0 Å². The molecule has 5 heteroatoms. The lowest BCUT2D eigenvalue weighted by Gasteiger charge is -2.37. The van der Waals surface area contributed by atoms with Gasteiger partial charge >= 0.3 is 5.97 Å². The molecule has 0 aromatic rings. The van der Waals surface area contributed by atoms with Gasteiger partial charge in [-0.1, -0.05) is 27.2 Å². The van der Waals surface area contributed by atoms with E-state index in [0.717, 1.165) is 19.3 Å². The second kappa shape index (κ2) is 7.78. The van der Waals surface area contributed by atoms with Gasteiger partial charge in [-0.3, -0.25) is 4.79 Å². The lowest BCUT2D eigenvalue weighted by atomic mass is 9.75. The van der Waals surface area contributed by atoms with Gasteiger partial charge in [0.15, 0.2) is 6.10 Å². The molecule has 1 aliphatic rings. The monoisotopic (exact) mass is 299 g/mol. The van der Waals surface area contributed by atoms with Crippen LogP contribution in [0, 0.1) is 17.8 Å². The van der Waals surface area contributed by atoms with E-state index in [1.807, 2.05) is 0 Å². The quantitative estimate of drug-likeness (QED) is 0.760. The normalized spacial score (nSPS) is 28.8. The van der Waals surface area contributed by atoms with Gasteiger partial charge in [-0.25, -0.2) is 4.79 Å². The smallest absolute Gasteiger partial charge is 0.337 e. The molecule has 5 nitrogen and oxygen atoms in total. The predicted molar refractivity (Wildman–Crippen MR) is 80.5 cm³/mol. The lowest BCUT2D eigenvalue weighted by Crippen LogP contribution is -2.47. The van der Waals surface area contributed by atoms with E-state index >= 15 is 0 Å². The fraction of sp³-hybridized carbons (Fsp3) is 0.875. The number of aliphatic hydroxyl groups is 1. The predicted octanol–water partition coefficient (Wildman–Crippen LogP) is 1.88. The molecule has 1 fully saturated rings. The number of nitrogens with one attached hydrogen (secondary N) is 1. The minimum atomic E-state index is -1.32. The highest BCUT2D eigenvalue weighted by Gasteiger charge is 2.35. The van der Waals surface area contributed by atoms with Crippen LogP contribution in [-0.2, 0) is 14.3 Å². The zero-order valence-corrected chi connectivity index (χ0v) is 13.8.